The molecule has 6 heteroatoms. The quantitative estimate of drug-likeness (QED) is 0.614. The third-order valence-corrected chi connectivity index (χ3v) is 3.12. The van der Waals surface area contributed by atoms with Gasteiger partial charge in [-0.05, 0) is 31.0 Å². The fourth-order valence-corrected chi connectivity index (χ4v) is 2.15. The summed E-state index contributed by atoms with van der Waals surface area (Å²) in [4.78, 5) is 0. The molecular weight excluding hydrogens is 240 g/mol. The van der Waals surface area contributed by atoms with Crippen LogP contribution in [-0.2, 0) is 19.9 Å². The molecule has 0 aliphatic rings. The van der Waals surface area contributed by atoms with E-state index in [0.29, 0.717) is 0 Å². The van der Waals surface area contributed by atoms with Gasteiger partial charge in [0.15, 0.2) is 0 Å². The van der Waals surface area contributed by atoms with Crippen LogP contribution in [0.25, 0.3) is 0 Å². The average molecular weight is 260 g/mol. The molecule has 2 rings (SSSR count). The van der Waals surface area contributed by atoms with Crippen LogP contribution in [0.2, 0.25) is 0 Å². The number of nitrogens with zero attached hydrogens (tertiary/aromatic N) is 4. The van der Waals surface area contributed by atoms with Gasteiger partial charge < -0.3 is 0 Å². The zero-order chi connectivity index (χ0) is 13.8. The van der Waals surface area contributed by atoms with Gasteiger partial charge in [-0.1, -0.05) is 6.92 Å². The summed E-state index contributed by atoms with van der Waals surface area (Å²) < 4.78 is 1.79. The molecule has 0 saturated heterocycles. The largest absolute Gasteiger partial charge is 0.276 e. The summed E-state index contributed by atoms with van der Waals surface area (Å²) in [5, 5.41) is 12.7. The van der Waals surface area contributed by atoms with E-state index in [1.54, 1.807) is 4.68 Å². The van der Waals surface area contributed by atoms with Crippen molar-refractivity contribution in [2.75, 3.05) is 0 Å². The number of aryl methyl sites for hydroxylation is 3. The lowest BCUT2D eigenvalue weighted by Crippen LogP contribution is -2.31. The molecule has 2 heterocycles. The topological polar surface area (TPSA) is 81.7 Å². The Balaban J connectivity index is 2.28. The maximum Gasteiger partial charge on any atom is 0.0676 e. The summed E-state index contributed by atoms with van der Waals surface area (Å²) >= 11 is 0. The molecule has 3 N–H and O–H groups in total. The first kappa shape index (κ1) is 13.6. The van der Waals surface area contributed by atoms with Gasteiger partial charge in [0.1, 0.15) is 0 Å². The Morgan fingerprint density at radius 1 is 1.42 bits per heavy atom. The molecule has 2 aromatic heterocycles. The van der Waals surface area contributed by atoms with Crippen LogP contribution in [0, 0.1) is 6.92 Å². The number of hydrazine groups is 1. The zero-order valence-electron chi connectivity index (χ0n) is 11.6. The van der Waals surface area contributed by atoms with Gasteiger partial charge in [-0.2, -0.15) is 15.3 Å². The summed E-state index contributed by atoms with van der Waals surface area (Å²) in [5.74, 6) is 5.70. The molecule has 102 valence electrons. The normalized spacial score (nSPS) is 12.6. The van der Waals surface area contributed by atoms with Crippen LogP contribution in [0.3, 0.4) is 0 Å². The molecular formula is C13H20N6. The maximum atomic E-state index is 5.70. The van der Waals surface area contributed by atoms with Crippen molar-refractivity contribution in [1.29, 1.82) is 0 Å². The van der Waals surface area contributed by atoms with E-state index in [0.717, 1.165) is 35.5 Å². The minimum atomic E-state index is -0.000880. The van der Waals surface area contributed by atoms with Gasteiger partial charge in [-0.3, -0.25) is 16.0 Å². The highest BCUT2D eigenvalue weighted by Crippen LogP contribution is 2.20. The predicted molar refractivity (Wildman–Crippen MR) is 73.1 cm³/mol. The fourth-order valence-electron chi connectivity index (χ4n) is 2.15. The summed E-state index contributed by atoms with van der Waals surface area (Å²) in [5.41, 5.74) is 6.84. The van der Waals surface area contributed by atoms with Crippen LogP contribution in [0.1, 0.15) is 35.6 Å². The molecule has 0 aliphatic carbocycles. The molecule has 0 amide bonds. The number of nitrogens with one attached hydrogen (secondary N) is 1. The molecule has 0 aromatic carbocycles. The predicted octanol–water partition coefficient (Wildman–Crippen LogP) is 0.828. The number of aromatic nitrogens is 4. The Hall–Kier alpha value is -1.79. The number of nitrogens with two attached hydrogens (primary N) is 1. The van der Waals surface area contributed by atoms with Crippen molar-refractivity contribution in [2.24, 2.45) is 12.9 Å². The third-order valence-electron chi connectivity index (χ3n) is 3.12. The summed E-state index contributed by atoms with van der Waals surface area (Å²) in [7, 11) is 1.91. The van der Waals surface area contributed by atoms with Crippen molar-refractivity contribution in [3.8, 4) is 0 Å². The van der Waals surface area contributed by atoms with Crippen LogP contribution in [0.15, 0.2) is 18.3 Å². The Morgan fingerprint density at radius 2 is 2.21 bits per heavy atom. The van der Waals surface area contributed by atoms with Gasteiger partial charge >= 0.3 is 0 Å². The van der Waals surface area contributed by atoms with Crippen molar-refractivity contribution < 1.29 is 0 Å². The average Bonchev–Trinajstić information content (AvgIpc) is 2.81. The third kappa shape index (κ3) is 3.15. The van der Waals surface area contributed by atoms with E-state index in [4.69, 9.17) is 5.84 Å². The lowest BCUT2D eigenvalue weighted by atomic mass is 10.00. The lowest BCUT2D eigenvalue weighted by molar-refractivity contribution is 0.532. The molecule has 6 nitrogen and oxygen atoms in total. The van der Waals surface area contributed by atoms with Crippen LogP contribution in [0.4, 0.5) is 0 Å². The van der Waals surface area contributed by atoms with E-state index < -0.39 is 0 Å². The molecule has 0 aliphatic heterocycles. The van der Waals surface area contributed by atoms with E-state index in [2.05, 4.69) is 27.6 Å². The first-order valence-corrected chi connectivity index (χ1v) is 6.41. The van der Waals surface area contributed by atoms with E-state index in [-0.39, 0.29) is 6.04 Å². The Kier molecular flexibility index (Phi) is 4.24. The minimum Gasteiger partial charge on any atom is -0.276 e. The lowest BCUT2D eigenvalue weighted by Gasteiger charge is -2.17. The van der Waals surface area contributed by atoms with Gasteiger partial charge in [0.2, 0.25) is 0 Å². The second kappa shape index (κ2) is 5.90. The Labute approximate surface area is 113 Å². The number of rotatable bonds is 5. The van der Waals surface area contributed by atoms with Crippen molar-refractivity contribution in [3.05, 3.63) is 41.0 Å². The summed E-state index contributed by atoms with van der Waals surface area (Å²) in [6, 6.07) is 4.04. The second-order valence-electron chi connectivity index (χ2n) is 4.65. The van der Waals surface area contributed by atoms with Gasteiger partial charge in [-0.15, -0.1) is 0 Å². The van der Waals surface area contributed by atoms with Gasteiger partial charge in [0, 0.05) is 19.7 Å². The Morgan fingerprint density at radius 3 is 2.79 bits per heavy atom. The van der Waals surface area contributed by atoms with Gasteiger partial charge in [0.05, 0.1) is 23.1 Å². The first-order valence-electron chi connectivity index (χ1n) is 6.41. The molecule has 0 bridgehead atoms. The smallest absolute Gasteiger partial charge is 0.0676 e. The van der Waals surface area contributed by atoms with E-state index in [1.807, 2.05) is 32.3 Å². The van der Waals surface area contributed by atoms with E-state index in [1.165, 1.54) is 0 Å². The molecule has 0 fully saturated rings. The first-order chi connectivity index (χ1) is 9.13. The van der Waals surface area contributed by atoms with Crippen LogP contribution in [-0.4, -0.2) is 20.0 Å². The SMILES string of the molecule is CCc1nnc(C)cc1C(Cc1ccn(C)n1)NN. The van der Waals surface area contributed by atoms with Gasteiger partial charge in [-0.25, -0.2) is 0 Å². The van der Waals surface area contributed by atoms with Crippen molar-refractivity contribution in [1.82, 2.24) is 25.4 Å². The number of hydrogen-bond acceptors (Lipinski definition) is 5. The maximum absolute atomic E-state index is 5.70. The molecule has 0 radical (unpaired) electrons. The van der Waals surface area contributed by atoms with Crippen LogP contribution < -0.4 is 11.3 Å². The van der Waals surface area contributed by atoms with Crippen LogP contribution in [0.5, 0.6) is 0 Å². The van der Waals surface area contributed by atoms with E-state index in [9.17, 15) is 0 Å². The molecule has 1 atom stereocenters. The zero-order valence-corrected chi connectivity index (χ0v) is 11.6. The highest BCUT2D eigenvalue weighted by Gasteiger charge is 2.17. The van der Waals surface area contributed by atoms with Crippen molar-refractivity contribution >= 4 is 0 Å². The molecule has 0 saturated carbocycles. The summed E-state index contributed by atoms with van der Waals surface area (Å²) in [6.07, 6.45) is 3.50. The van der Waals surface area contributed by atoms with Crippen LogP contribution >= 0.6 is 0 Å². The second-order valence-corrected chi connectivity index (χ2v) is 4.65. The van der Waals surface area contributed by atoms with E-state index >= 15 is 0 Å². The minimum absolute atomic E-state index is 0.000880. The fraction of sp³-hybridized carbons (Fsp3) is 0.462. The molecule has 19 heavy (non-hydrogen) atoms. The van der Waals surface area contributed by atoms with Crippen molar-refractivity contribution in [3.63, 3.8) is 0 Å². The Bertz CT molecular complexity index is 548. The molecule has 0 spiro atoms. The highest BCUT2D eigenvalue weighted by atomic mass is 15.3. The molecule has 2 aromatic rings. The monoisotopic (exact) mass is 260 g/mol. The molecule has 1 unspecified atom stereocenters. The van der Waals surface area contributed by atoms with Crippen molar-refractivity contribution in [2.45, 2.75) is 32.7 Å². The summed E-state index contributed by atoms with van der Waals surface area (Å²) in [6.45, 7) is 4.00. The van der Waals surface area contributed by atoms with Gasteiger partial charge in [0.25, 0.3) is 0 Å². The standard InChI is InChI=1S/C13H20N6/c1-4-12-11(7-9(2)16-17-12)13(15-14)8-10-5-6-19(3)18-10/h5-7,13,15H,4,8,14H2,1-3H3. The highest BCUT2D eigenvalue weighted by molar-refractivity contribution is 5.26. The number of hydrogen-bond donors (Lipinski definition) is 2.